The Bertz CT molecular complexity index is 1690. The summed E-state index contributed by atoms with van der Waals surface area (Å²) in [6.07, 6.45) is -0.358. The van der Waals surface area contributed by atoms with Gasteiger partial charge in [-0.3, -0.25) is 43.5 Å². The number of primary amides is 1. The Morgan fingerprint density at radius 1 is 0.540 bits per heavy atom. The first kappa shape index (κ1) is 54.3. The van der Waals surface area contributed by atoms with E-state index >= 15 is 4.79 Å². The van der Waals surface area contributed by atoms with Crippen LogP contribution >= 0.6 is 0 Å². The van der Waals surface area contributed by atoms with Crippen LogP contribution in [0.4, 0.5) is 0 Å². The van der Waals surface area contributed by atoms with Gasteiger partial charge in [0.15, 0.2) is 0 Å². The average Bonchev–Trinajstić information content (AvgIpc) is 3.10. The molecule has 0 aliphatic rings. The van der Waals surface area contributed by atoms with Gasteiger partial charge in [0.2, 0.25) is 5.91 Å². The number of nitrogens with two attached hydrogens (primary N) is 1. The lowest BCUT2D eigenvalue weighted by atomic mass is 9.74. The van der Waals surface area contributed by atoms with E-state index in [9.17, 15) is 24.0 Å². The van der Waals surface area contributed by atoms with Gasteiger partial charge in [0.25, 0.3) is 0 Å². The van der Waals surface area contributed by atoms with E-state index in [4.69, 9.17) is 29.4 Å². The van der Waals surface area contributed by atoms with Gasteiger partial charge in [-0.2, -0.15) is 0 Å². The number of hydrogen-bond donors (Lipinski definition) is 1. The summed E-state index contributed by atoms with van der Waals surface area (Å²) in [6.45, 7) is 19.9. The summed E-state index contributed by atoms with van der Waals surface area (Å²) in [4.78, 5) is 86.8. The zero-order valence-electron chi connectivity index (χ0n) is 40.0. The normalized spacial score (nSPS) is 13.8. The summed E-state index contributed by atoms with van der Waals surface area (Å²) in [5, 5.41) is 0. The van der Waals surface area contributed by atoms with Crippen molar-refractivity contribution in [1.29, 1.82) is 0 Å². The molecule has 0 aromatic heterocycles. The van der Waals surface area contributed by atoms with E-state index in [0.717, 1.165) is 11.1 Å². The minimum absolute atomic E-state index is 0.0131. The number of hydrogen-bond acceptors (Lipinski definition) is 14. The number of rotatable bonds is 23. The molecule has 0 spiro atoms. The van der Waals surface area contributed by atoms with E-state index in [1.165, 1.54) is 7.11 Å². The van der Waals surface area contributed by atoms with E-state index in [1.807, 2.05) is 65.6 Å². The van der Waals surface area contributed by atoms with Crippen LogP contribution in [0.25, 0.3) is 0 Å². The van der Waals surface area contributed by atoms with E-state index in [2.05, 4.69) is 0 Å². The quantitative estimate of drug-likeness (QED) is 0.104. The average molecular weight is 883 g/mol. The largest absolute Gasteiger partial charge is 0.468 e. The van der Waals surface area contributed by atoms with Crippen molar-refractivity contribution in [3.8, 4) is 0 Å². The number of carbonyl (C=O) groups excluding carboxylic acids is 6. The van der Waals surface area contributed by atoms with Crippen molar-refractivity contribution in [2.24, 2.45) is 11.7 Å². The Balaban J connectivity index is 2.92. The summed E-state index contributed by atoms with van der Waals surface area (Å²) in [5.41, 5.74) is 2.74. The van der Waals surface area contributed by atoms with Crippen LogP contribution in [0.1, 0.15) is 113 Å². The fourth-order valence-corrected chi connectivity index (χ4v) is 7.21. The molecule has 2 N–H and O–H groups in total. The minimum Gasteiger partial charge on any atom is -0.468 e. The summed E-state index contributed by atoms with van der Waals surface area (Å²) < 4.78 is 28.3. The molecule has 0 bridgehead atoms. The van der Waals surface area contributed by atoms with Gasteiger partial charge in [-0.1, -0.05) is 60.7 Å². The maximum absolute atomic E-state index is 15.0. The van der Waals surface area contributed by atoms with E-state index in [1.54, 1.807) is 92.9 Å². The molecule has 0 saturated heterocycles. The lowest BCUT2D eigenvalue weighted by Crippen LogP contribution is -2.61. The molecule has 0 aliphatic heterocycles. The van der Waals surface area contributed by atoms with Crippen LogP contribution in [-0.2, 0) is 65.5 Å². The third-order valence-corrected chi connectivity index (χ3v) is 9.35. The fraction of sp³-hybridized carbons (Fsp3) is 0.625. The molecule has 15 nitrogen and oxygen atoms in total. The maximum Gasteiger partial charge on any atom is 0.326 e. The Labute approximate surface area is 375 Å². The predicted octanol–water partition coefficient (Wildman–Crippen LogP) is 5.84. The van der Waals surface area contributed by atoms with Gasteiger partial charge in [-0.25, -0.2) is 0 Å². The number of methoxy groups -OCH3 is 1. The number of ether oxygens (including phenoxy) is 5. The lowest BCUT2D eigenvalue weighted by molar-refractivity contribution is -0.167. The molecule has 2 aromatic rings. The summed E-state index contributed by atoms with van der Waals surface area (Å²) in [5.74, 6) is -4.72. The number of carbonyl (C=O) groups is 6. The van der Waals surface area contributed by atoms with Crippen LogP contribution in [0.15, 0.2) is 60.7 Å². The van der Waals surface area contributed by atoms with Crippen molar-refractivity contribution < 1.29 is 52.5 Å². The molecule has 0 saturated carbocycles. The molecule has 0 heterocycles. The van der Waals surface area contributed by atoms with E-state index in [0.29, 0.717) is 0 Å². The Kier molecular flexibility index (Phi) is 20.4. The minimum atomic E-state index is -1.70. The van der Waals surface area contributed by atoms with Crippen molar-refractivity contribution in [3.05, 3.63) is 71.8 Å². The van der Waals surface area contributed by atoms with Gasteiger partial charge < -0.3 is 29.4 Å². The second-order valence-electron chi connectivity index (χ2n) is 19.9. The summed E-state index contributed by atoms with van der Waals surface area (Å²) in [7, 11) is 1.26. The Hall–Kier alpha value is -4.86. The topological polar surface area (TPSA) is 184 Å². The van der Waals surface area contributed by atoms with Gasteiger partial charge in [-0.15, -0.1) is 0 Å². The highest BCUT2D eigenvalue weighted by atomic mass is 16.6. The first-order valence-electron chi connectivity index (χ1n) is 21.5. The van der Waals surface area contributed by atoms with Crippen LogP contribution in [0, 0.1) is 5.92 Å². The number of amides is 1. The highest BCUT2D eigenvalue weighted by molar-refractivity contribution is 5.83. The highest BCUT2D eigenvalue weighted by Crippen LogP contribution is 2.38. The molecule has 2 rings (SSSR count). The summed E-state index contributed by atoms with van der Waals surface area (Å²) in [6, 6.07) is 19.0. The molecule has 352 valence electrons. The fourth-order valence-electron chi connectivity index (χ4n) is 7.21. The van der Waals surface area contributed by atoms with Gasteiger partial charge in [-0.05, 0) is 120 Å². The van der Waals surface area contributed by atoms with Crippen LogP contribution in [0.2, 0.25) is 0 Å². The van der Waals surface area contributed by atoms with Gasteiger partial charge in [0.1, 0.15) is 27.9 Å². The summed E-state index contributed by atoms with van der Waals surface area (Å²) >= 11 is 0. The second-order valence-corrected chi connectivity index (χ2v) is 19.9. The zero-order chi connectivity index (χ0) is 47.8. The molecule has 0 fully saturated rings. The highest BCUT2D eigenvalue weighted by Gasteiger charge is 2.52. The number of benzene rings is 2. The van der Waals surface area contributed by atoms with Crippen LogP contribution < -0.4 is 5.73 Å². The molecule has 1 amide bonds. The first-order valence-corrected chi connectivity index (χ1v) is 21.5. The lowest BCUT2D eigenvalue weighted by Gasteiger charge is -2.48. The van der Waals surface area contributed by atoms with E-state index < -0.39 is 69.6 Å². The zero-order valence-corrected chi connectivity index (χ0v) is 40.0. The molecule has 1 unspecified atom stereocenters. The predicted molar refractivity (Wildman–Crippen MR) is 240 cm³/mol. The SMILES string of the molecule is COC(=O)[C@](CCN(CC(=O)OC(C)(C)C)CC(=O)OC(C)(C)C)(C(CCN(CC(=O)OC(C)(C)C)CC(=O)OC(C)(C)C)CC(N)=O)N(Cc1ccccc1)Cc1ccccc1. The van der Waals surface area contributed by atoms with E-state index in [-0.39, 0.29) is 71.6 Å². The molecule has 63 heavy (non-hydrogen) atoms. The third kappa shape index (κ3) is 21.4. The molecule has 2 atom stereocenters. The van der Waals surface area contributed by atoms with Crippen molar-refractivity contribution in [1.82, 2.24) is 14.7 Å². The standard InChI is InChI=1S/C48H74N4O11/c1-44(2,3)60-39(54)31-50(32-40(55)61-45(4,5)6)26-24-37(28-38(49)53)48(43(58)59-13,52(29-35-20-16-14-17-21-35)30-36-22-18-15-19-23-36)25-27-51(33-41(56)62-46(7,8)9)34-42(57)63-47(10,11)12/h14-23,37H,24-34H2,1-13H3,(H2,49,53)/t37?,48-/m0/s1. The third-order valence-electron chi connectivity index (χ3n) is 9.35. The van der Waals surface area contributed by atoms with Crippen LogP contribution in [0.5, 0.6) is 0 Å². The smallest absolute Gasteiger partial charge is 0.326 e. The Morgan fingerprint density at radius 3 is 1.17 bits per heavy atom. The number of esters is 5. The molecule has 0 aliphatic carbocycles. The molecular formula is C48H74N4O11. The van der Waals surface area contributed by atoms with Gasteiger partial charge in [0, 0.05) is 26.1 Å². The maximum atomic E-state index is 15.0. The molecular weight excluding hydrogens is 809 g/mol. The van der Waals surface area contributed by atoms with Crippen LogP contribution in [-0.4, -0.2) is 125 Å². The monoisotopic (exact) mass is 883 g/mol. The molecule has 2 aromatic carbocycles. The molecule has 0 radical (unpaired) electrons. The van der Waals surface area contributed by atoms with Crippen molar-refractivity contribution in [2.45, 2.75) is 143 Å². The first-order chi connectivity index (χ1) is 29.0. The van der Waals surface area contributed by atoms with Crippen molar-refractivity contribution >= 4 is 35.8 Å². The molecule has 15 heteroatoms. The van der Waals surface area contributed by atoms with Gasteiger partial charge in [0.05, 0.1) is 33.3 Å². The van der Waals surface area contributed by atoms with Crippen LogP contribution in [0.3, 0.4) is 0 Å². The second kappa shape index (κ2) is 23.7. The Morgan fingerprint density at radius 2 is 0.873 bits per heavy atom. The van der Waals surface area contributed by atoms with Gasteiger partial charge >= 0.3 is 29.8 Å². The van der Waals surface area contributed by atoms with Crippen molar-refractivity contribution in [3.63, 3.8) is 0 Å². The number of nitrogens with zero attached hydrogens (tertiary/aromatic N) is 3. The van der Waals surface area contributed by atoms with Crippen molar-refractivity contribution in [2.75, 3.05) is 46.4 Å².